The van der Waals surface area contributed by atoms with Gasteiger partial charge in [-0.1, -0.05) is 23.4 Å². The molecule has 1 aliphatic heterocycles. The smallest absolute Gasteiger partial charge is 0.163 e. The van der Waals surface area contributed by atoms with E-state index in [4.69, 9.17) is 25.8 Å². The lowest BCUT2D eigenvalue weighted by atomic mass is 10.2. The van der Waals surface area contributed by atoms with E-state index >= 15 is 0 Å². The summed E-state index contributed by atoms with van der Waals surface area (Å²) in [5, 5.41) is 0.860. The number of thioether (sulfide) groups is 1. The number of nitrogens with zero attached hydrogens (tertiary/aromatic N) is 3. The first-order valence-electron chi connectivity index (χ1n) is 9.94. The van der Waals surface area contributed by atoms with Crippen LogP contribution in [0.3, 0.4) is 0 Å². The summed E-state index contributed by atoms with van der Waals surface area (Å²) in [6.45, 7) is 1.24. The van der Waals surface area contributed by atoms with Crippen molar-refractivity contribution in [1.82, 2.24) is 14.5 Å². The minimum Gasteiger partial charge on any atom is -0.491 e. The van der Waals surface area contributed by atoms with Gasteiger partial charge in [0.2, 0.25) is 0 Å². The topological polar surface area (TPSA) is 58.4 Å². The molecule has 1 unspecified atom stereocenters. The van der Waals surface area contributed by atoms with Crippen LogP contribution >= 0.6 is 23.4 Å². The standard InChI is InChI=1S/C21H22ClF2N3O3S/c1-28-6-7-29-13-8-16(23)14(17(24)9-13)11-31-21-15(22)10-18-20(26-21)27(12-25-18)19-4-2-3-5-30-19/h8-10,12,19H,2-7,11H2,1H3. The highest BCUT2D eigenvalue weighted by Crippen LogP contribution is 2.34. The van der Waals surface area contributed by atoms with Gasteiger partial charge in [0.1, 0.15) is 40.8 Å². The molecule has 0 radical (unpaired) electrons. The van der Waals surface area contributed by atoms with E-state index in [0.717, 1.165) is 31.0 Å². The molecular weight excluding hydrogens is 448 g/mol. The molecule has 0 aliphatic carbocycles. The van der Waals surface area contributed by atoms with Crippen LogP contribution in [0.2, 0.25) is 5.02 Å². The second kappa shape index (κ2) is 10.1. The van der Waals surface area contributed by atoms with Crippen molar-refractivity contribution in [2.24, 2.45) is 0 Å². The molecule has 6 nitrogen and oxygen atoms in total. The Morgan fingerprint density at radius 2 is 2.03 bits per heavy atom. The van der Waals surface area contributed by atoms with Crippen molar-refractivity contribution in [3.8, 4) is 5.75 Å². The Kier molecular flexibility index (Phi) is 7.27. The van der Waals surface area contributed by atoms with Crippen LogP contribution in [0.5, 0.6) is 5.75 Å². The van der Waals surface area contributed by atoms with Crippen LogP contribution in [0.25, 0.3) is 11.2 Å². The number of rotatable bonds is 8. The van der Waals surface area contributed by atoms with Crippen molar-refractivity contribution in [3.05, 3.63) is 46.7 Å². The van der Waals surface area contributed by atoms with Crippen LogP contribution in [0.15, 0.2) is 29.6 Å². The summed E-state index contributed by atoms with van der Waals surface area (Å²) in [6, 6.07) is 4.05. The number of hydrogen-bond acceptors (Lipinski definition) is 6. The number of fused-ring (bicyclic) bond motifs is 1. The summed E-state index contributed by atoms with van der Waals surface area (Å²) >= 11 is 7.52. The number of benzene rings is 1. The van der Waals surface area contributed by atoms with Gasteiger partial charge in [-0.05, 0) is 25.3 Å². The van der Waals surface area contributed by atoms with Gasteiger partial charge in [-0.25, -0.2) is 18.7 Å². The summed E-state index contributed by atoms with van der Waals surface area (Å²) < 4.78 is 46.9. The quantitative estimate of drug-likeness (QED) is 0.326. The third-order valence-electron chi connectivity index (χ3n) is 4.96. The van der Waals surface area contributed by atoms with Gasteiger partial charge >= 0.3 is 0 Å². The molecule has 0 spiro atoms. The number of methoxy groups -OCH3 is 1. The minimum absolute atomic E-state index is 0.0301. The van der Waals surface area contributed by atoms with Crippen molar-refractivity contribution < 1.29 is 23.0 Å². The summed E-state index contributed by atoms with van der Waals surface area (Å²) in [5.74, 6) is -1.22. The molecule has 4 rings (SSSR count). The molecule has 1 aliphatic rings. The minimum atomic E-state index is -0.683. The van der Waals surface area contributed by atoms with E-state index in [-0.39, 0.29) is 29.9 Å². The Labute approximate surface area is 187 Å². The summed E-state index contributed by atoms with van der Waals surface area (Å²) in [7, 11) is 1.52. The molecule has 2 aromatic heterocycles. The molecule has 0 bridgehead atoms. The van der Waals surface area contributed by atoms with Crippen molar-refractivity contribution in [1.29, 1.82) is 0 Å². The predicted molar refractivity (Wildman–Crippen MR) is 115 cm³/mol. The molecule has 0 N–H and O–H groups in total. The number of pyridine rings is 1. The molecule has 10 heteroatoms. The van der Waals surface area contributed by atoms with Gasteiger partial charge in [0, 0.05) is 37.2 Å². The fraction of sp³-hybridized carbons (Fsp3) is 0.429. The van der Waals surface area contributed by atoms with E-state index in [1.807, 2.05) is 4.57 Å². The first-order chi connectivity index (χ1) is 15.1. The summed E-state index contributed by atoms with van der Waals surface area (Å²) in [5.41, 5.74) is 1.23. The first-order valence-corrected chi connectivity index (χ1v) is 11.3. The average Bonchev–Trinajstić information content (AvgIpc) is 3.16. The average molecular weight is 470 g/mol. The lowest BCUT2D eigenvalue weighted by molar-refractivity contribution is -0.0298. The maximum Gasteiger partial charge on any atom is 0.163 e. The second-order valence-electron chi connectivity index (χ2n) is 7.09. The fourth-order valence-corrected chi connectivity index (χ4v) is 4.57. The van der Waals surface area contributed by atoms with Crippen molar-refractivity contribution >= 4 is 34.5 Å². The number of imidazole rings is 1. The van der Waals surface area contributed by atoms with E-state index in [1.165, 1.54) is 19.2 Å². The van der Waals surface area contributed by atoms with Crippen LogP contribution in [0.1, 0.15) is 31.1 Å². The van der Waals surface area contributed by atoms with E-state index < -0.39 is 11.6 Å². The van der Waals surface area contributed by atoms with E-state index in [0.29, 0.717) is 34.4 Å². The third-order valence-corrected chi connectivity index (χ3v) is 6.38. The van der Waals surface area contributed by atoms with E-state index in [2.05, 4.69) is 9.97 Å². The molecule has 1 aromatic carbocycles. The molecule has 3 heterocycles. The van der Waals surface area contributed by atoms with Crippen molar-refractivity contribution in [3.63, 3.8) is 0 Å². The Hall–Kier alpha value is -1.94. The fourth-order valence-electron chi connectivity index (χ4n) is 3.36. The summed E-state index contributed by atoms with van der Waals surface area (Å²) in [6.07, 6.45) is 4.57. The van der Waals surface area contributed by atoms with Crippen LogP contribution in [-0.2, 0) is 15.2 Å². The van der Waals surface area contributed by atoms with Gasteiger partial charge in [-0.3, -0.25) is 4.57 Å². The lowest BCUT2D eigenvalue weighted by Gasteiger charge is -2.23. The highest BCUT2D eigenvalue weighted by Gasteiger charge is 2.20. The molecule has 3 aromatic rings. The van der Waals surface area contributed by atoms with Gasteiger partial charge in [0.05, 0.1) is 18.0 Å². The van der Waals surface area contributed by atoms with Gasteiger partial charge in [0.25, 0.3) is 0 Å². The van der Waals surface area contributed by atoms with Gasteiger partial charge < -0.3 is 14.2 Å². The zero-order valence-corrected chi connectivity index (χ0v) is 18.5. The molecule has 1 fully saturated rings. The predicted octanol–water partition coefficient (Wildman–Crippen LogP) is 5.38. The highest BCUT2D eigenvalue weighted by molar-refractivity contribution is 7.98. The maximum absolute atomic E-state index is 14.5. The summed E-state index contributed by atoms with van der Waals surface area (Å²) in [4.78, 5) is 8.99. The SMILES string of the molecule is COCCOc1cc(F)c(CSc2nc3c(cc2Cl)ncn3C2CCCCO2)c(F)c1. The molecule has 1 atom stereocenters. The molecule has 1 saturated heterocycles. The van der Waals surface area contributed by atoms with Crippen molar-refractivity contribution in [2.45, 2.75) is 36.3 Å². The Bertz CT molecular complexity index is 1040. The van der Waals surface area contributed by atoms with Gasteiger partial charge in [-0.15, -0.1) is 0 Å². The molecule has 0 saturated carbocycles. The monoisotopic (exact) mass is 469 g/mol. The van der Waals surface area contributed by atoms with Crippen LogP contribution in [-0.4, -0.2) is 41.5 Å². The second-order valence-corrected chi connectivity index (χ2v) is 8.46. The first kappa shape index (κ1) is 22.3. The Morgan fingerprint density at radius 3 is 2.74 bits per heavy atom. The Morgan fingerprint density at radius 1 is 1.23 bits per heavy atom. The third kappa shape index (κ3) is 5.11. The molecule has 166 valence electrons. The largest absolute Gasteiger partial charge is 0.491 e. The van der Waals surface area contributed by atoms with Crippen LogP contribution < -0.4 is 4.74 Å². The number of hydrogen-bond donors (Lipinski definition) is 0. The zero-order chi connectivity index (χ0) is 21.8. The highest BCUT2D eigenvalue weighted by atomic mass is 35.5. The van der Waals surface area contributed by atoms with E-state index in [1.54, 1.807) is 12.4 Å². The lowest BCUT2D eigenvalue weighted by Crippen LogP contribution is -2.17. The normalized spacial score (nSPS) is 16.7. The Balaban J connectivity index is 1.52. The van der Waals surface area contributed by atoms with Gasteiger partial charge in [-0.2, -0.15) is 0 Å². The molecule has 0 amide bonds. The number of ether oxygens (including phenoxy) is 3. The van der Waals surface area contributed by atoms with Crippen molar-refractivity contribution in [2.75, 3.05) is 26.9 Å². The van der Waals surface area contributed by atoms with Crippen LogP contribution in [0.4, 0.5) is 8.78 Å². The van der Waals surface area contributed by atoms with Crippen LogP contribution in [0, 0.1) is 11.6 Å². The molecular formula is C21H22ClF2N3O3S. The number of aromatic nitrogens is 3. The zero-order valence-electron chi connectivity index (χ0n) is 16.9. The van der Waals surface area contributed by atoms with E-state index in [9.17, 15) is 8.78 Å². The maximum atomic E-state index is 14.5. The molecule has 31 heavy (non-hydrogen) atoms. The van der Waals surface area contributed by atoms with Gasteiger partial charge in [0.15, 0.2) is 5.65 Å². The number of halogens is 3.